The van der Waals surface area contributed by atoms with Crippen molar-refractivity contribution in [3.8, 4) is 0 Å². The lowest BCUT2D eigenvalue weighted by Crippen LogP contribution is -1.98. The van der Waals surface area contributed by atoms with Gasteiger partial charge in [0, 0.05) is 6.92 Å². The second-order valence-corrected chi connectivity index (χ2v) is 2.79. The van der Waals surface area contributed by atoms with E-state index in [0.29, 0.717) is 5.05 Å². The molecule has 0 unspecified atom stereocenters. The third-order valence-corrected chi connectivity index (χ3v) is 1.29. The van der Waals surface area contributed by atoms with Crippen molar-refractivity contribution < 1.29 is 4.74 Å². The number of hydrogen-bond acceptors (Lipinski definition) is 3. The van der Waals surface area contributed by atoms with Crippen LogP contribution >= 0.6 is 24.8 Å². The minimum Gasteiger partial charge on any atom is -0.487 e. The van der Waals surface area contributed by atoms with Crippen molar-refractivity contribution in [3.05, 3.63) is 0 Å². The molecule has 0 aliphatic carbocycles. The van der Waals surface area contributed by atoms with Gasteiger partial charge in [0.05, 0.1) is 6.61 Å². The summed E-state index contributed by atoms with van der Waals surface area (Å²) in [4.78, 5) is 0. The molecule has 0 saturated carbocycles. The van der Waals surface area contributed by atoms with Gasteiger partial charge in [-0.15, -0.1) is 0 Å². The van der Waals surface area contributed by atoms with Gasteiger partial charge in [0.1, 0.15) is 0 Å². The highest BCUT2D eigenvalue weighted by Gasteiger charge is 1.87. The number of ether oxygens (including phenoxy) is 1. The average molecular weight is 164 g/mol. The summed E-state index contributed by atoms with van der Waals surface area (Å²) in [7, 11) is 0. The smallest absolute Gasteiger partial charge is 0.156 e. The summed E-state index contributed by atoms with van der Waals surface area (Å²) in [5.74, 6) is 0.930. The van der Waals surface area contributed by atoms with E-state index in [9.17, 15) is 0 Å². The zero-order chi connectivity index (χ0) is 7.11. The van der Waals surface area contributed by atoms with Crippen molar-refractivity contribution in [2.75, 3.05) is 12.4 Å². The van der Waals surface area contributed by atoms with Gasteiger partial charge in [-0.1, -0.05) is 0 Å². The number of thiocarbonyl (C=S) groups is 1. The molecule has 0 aromatic rings. The SMILES string of the molecule is CC(=S)OCCCCS. The molecule has 0 fully saturated rings. The second kappa shape index (κ2) is 6.36. The van der Waals surface area contributed by atoms with Crippen molar-refractivity contribution in [2.24, 2.45) is 0 Å². The van der Waals surface area contributed by atoms with E-state index in [1.165, 1.54) is 0 Å². The zero-order valence-corrected chi connectivity index (χ0v) is 7.30. The Balaban J connectivity index is 2.83. The molecule has 0 bridgehead atoms. The monoisotopic (exact) mass is 164 g/mol. The molecule has 0 atom stereocenters. The van der Waals surface area contributed by atoms with E-state index in [0.717, 1.165) is 25.2 Å². The van der Waals surface area contributed by atoms with Crippen LogP contribution < -0.4 is 0 Å². The van der Waals surface area contributed by atoms with Crippen LogP contribution in [-0.4, -0.2) is 17.4 Å². The molecule has 0 N–H and O–H groups in total. The first-order valence-corrected chi connectivity index (χ1v) is 4.05. The first-order chi connectivity index (χ1) is 4.27. The molecule has 0 amide bonds. The maximum atomic E-state index is 5.04. The molecule has 0 saturated heterocycles. The summed E-state index contributed by atoms with van der Waals surface area (Å²) in [6.45, 7) is 2.53. The van der Waals surface area contributed by atoms with E-state index in [2.05, 4.69) is 12.6 Å². The Labute approximate surface area is 67.2 Å². The largest absolute Gasteiger partial charge is 0.487 e. The summed E-state index contributed by atoms with van der Waals surface area (Å²) in [5, 5.41) is 0.633. The zero-order valence-electron chi connectivity index (χ0n) is 5.59. The molecule has 0 aromatic heterocycles. The van der Waals surface area contributed by atoms with Crippen LogP contribution in [-0.2, 0) is 4.74 Å². The molecule has 0 radical (unpaired) electrons. The molecule has 0 heterocycles. The third-order valence-electron chi connectivity index (χ3n) is 0.858. The fourth-order valence-corrected chi connectivity index (χ4v) is 0.737. The van der Waals surface area contributed by atoms with Gasteiger partial charge in [-0.25, -0.2) is 0 Å². The number of unbranched alkanes of at least 4 members (excludes halogenated alkanes) is 1. The molecule has 0 aromatic carbocycles. The predicted molar refractivity (Wildman–Crippen MR) is 47.3 cm³/mol. The van der Waals surface area contributed by atoms with Crippen LogP contribution in [0.5, 0.6) is 0 Å². The van der Waals surface area contributed by atoms with Gasteiger partial charge >= 0.3 is 0 Å². The van der Waals surface area contributed by atoms with Crippen molar-refractivity contribution >= 4 is 29.9 Å². The Morgan fingerprint density at radius 1 is 1.56 bits per heavy atom. The van der Waals surface area contributed by atoms with Gasteiger partial charge in [0.2, 0.25) is 0 Å². The van der Waals surface area contributed by atoms with Crippen molar-refractivity contribution in [3.63, 3.8) is 0 Å². The first kappa shape index (κ1) is 9.24. The Bertz CT molecular complexity index is 83.1. The molecule has 54 valence electrons. The normalized spacial score (nSPS) is 9.11. The number of hydrogen-bond donors (Lipinski definition) is 1. The van der Waals surface area contributed by atoms with Gasteiger partial charge in [-0.05, 0) is 30.8 Å². The van der Waals surface area contributed by atoms with Crippen LogP contribution in [0.4, 0.5) is 0 Å². The fraction of sp³-hybridized carbons (Fsp3) is 0.833. The van der Waals surface area contributed by atoms with Crippen molar-refractivity contribution in [2.45, 2.75) is 19.8 Å². The van der Waals surface area contributed by atoms with E-state index < -0.39 is 0 Å². The summed E-state index contributed by atoms with van der Waals surface area (Å²) in [6, 6.07) is 0. The lowest BCUT2D eigenvalue weighted by Gasteiger charge is -2.00. The van der Waals surface area contributed by atoms with Gasteiger partial charge in [-0.2, -0.15) is 12.6 Å². The van der Waals surface area contributed by atoms with Gasteiger partial charge in [0.25, 0.3) is 0 Å². The minimum absolute atomic E-state index is 0.633. The fourth-order valence-electron chi connectivity index (χ4n) is 0.430. The highest BCUT2D eigenvalue weighted by Crippen LogP contribution is 1.92. The molecule has 0 rings (SSSR count). The molecule has 0 aliphatic heterocycles. The molecule has 0 aliphatic rings. The molecule has 0 spiro atoms. The average Bonchev–Trinajstić information content (AvgIpc) is 1.80. The van der Waals surface area contributed by atoms with Gasteiger partial charge in [-0.3, -0.25) is 0 Å². The van der Waals surface area contributed by atoms with Crippen molar-refractivity contribution in [1.29, 1.82) is 0 Å². The topological polar surface area (TPSA) is 9.23 Å². The minimum atomic E-state index is 0.633. The summed E-state index contributed by atoms with van der Waals surface area (Å²) in [6.07, 6.45) is 2.16. The first-order valence-electron chi connectivity index (χ1n) is 3.01. The van der Waals surface area contributed by atoms with Crippen LogP contribution in [0.2, 0.25) is 0 Å². The van der Waals surface area contributed by atoms with Crippen LogP contribution in [0.1, 0.15) is 19.8 Å². The van der Waals surface area contributed by atoms with E-state index in [-0.39, 0.29) is 0 Å². The number of rotatable bonds is 4. The van der Waals surface area contributed by atoms with E-state index in [1.807, 2.05) is 0 Å². The molecular weight excluding hydrogens is 152 g/mol. The Morgan fingerprint density at radius 3 is 2.67 bits per heavy atom. The second-order valence-electron chi connectivity index (χ2n) is 1.77. The van der Waals surface area contributed by atoms with Crippen LogP contribution in [0, 0.1) is 0 Å². The predicted octanol–water partition coefficient (Wildman–Crippen LogP) is 2.06. The molecule has 3 heteroatoms. The molecular formula is C6H12OS2. The Morgan fingerprint density at radius 2 is 2.22 bits per heavy atom. The van der Waals surface area contributed by atoms with Gasteiger partial charge in [0.15, 0.2) is 5.05 Å². The summed E-state index contributed by atoms with van der Waals surface area (Å²) < 4.78 is 5.04. The maximum Gasteiger partial charge on any atom is 0.156 e. The summed E-state index contributed by atoms with van der Waals surface area (Å²) >= 11 is 8.76. The highest BCUT2D eigenvalue weighted by atomic mass is 32.1. The molecule has 9 heavy (non-hydrogen) atoms. The highest BCUT2D eigenvalue weighted by molar-refractivity contribution is 7.80. The summed E-state index contributed by atoms with van der Waals surface area (Å²) in [5.41, 5.74) is 0. The van der Waals surface area contributed by atoms with Crippen molar-refractivity contribution in [1.82, 2.24) is 0 Å². The van der Waals surface area contributed by atoms with Crippen LogP contribution in [0.25, 0.3) is 0 Å². The molecule has 1 nitrogen and oxygen atoms in total. The van der Waals surface area contributed by atoms with Gasteiger partial charge < -0.3 is 4.74 Å². The van der Waals surface area contributed by atoms with Crippen LogP contribution in [0.3, 0.4) is 0 Å². The number of thiol groups is 1. The lowest BCUT2D eigenvalue weighted by atomic mass is 10.4. The Hall–Kier alpha value is 0.240. The van der Waals surface area contributed by atoms with E-state index in [4.69, 9.17) is 17.0 Å². The standard InChI is InChI=1S/C6H12OS2/c1-6(9)7-4-2-3-5-8/h8H,2-5H2,1H3. The quantitative estimate of drug-likeness (QED) is 0.387. The van der Waals surface area contributed by atoms with E-state index in [1.54, 1.807) is 6.92 Å². The lowest BCUT2D eigenvalue weighted by molar-refractivity contribution is 0.303. The van der Waals surface area contributed by atoms with E-state index >= 15 is 0 Å². The van der Waals surface area contributed by atoms with Crippen LogP contribution in [0.15, 0.2) is 0 Å². The Kier molecular flexibility index (Phi) is 6.53. The third kappa shape index (κ3) is 8.24. The maximum absolute atomic E-state index is 5.04.